The first-order chi connectivity index (χ1) is 8.21. The Balaban J connectivity index is 1.96. The largest absolute Gasteiger partial charge is 0.393 e. The first kappa shape index (κ1) is 13.7. The van der Waals surface area contributed by atoms with Crippen molar-refractivity contribution >= 4 is 11.8 Å². The Bertz CT molecular complexity index is 234. The van der Waals surface area contributed by atoms with E-state index in [2.05, 4.69) is 13.8 Å². The Morgan fingerprint density at radius 1 is 1.41 bits per heavy atom. The van der Waals surface area contributed by atoms with Crippen molar-refractivity contribution < 1.29 is 9.84 Å². The summed E-state index contributed by atoms with van der Waals surface area (Å²) in [5.41, 5.74) is 0.112. The molecule has 0 bridgehead atoms. The molecule has 17 heavy (non-hydrogen) atoms. The lowest BCUT2D eigenvalue weighted by atomic mass is 9.77. The Kier molecular flexibility index (Phi) is 4.79. The number of hydrogen-bond acceptors (Lipinski definition) is 3. The second kappa shape index (κ2) is 5.94. The lowest BCUT2D eigenvalue weighted by Gasteiger charge is -2.41. The molecule has 1 N–H and O–H groups in total. The topological polar surface area (TPSA) is 29.5 Å². The molecule has 2 fully saturated rings. The van der Waals surface area contributed by atoms with E-state index in [1.54, 1.807) is 0 Å². The summed E-state index contributed by atoms with van der Waals surface area (Å²) in [6.45, 7) is 5.23. The van der Waals surface area contributed by atoms with Crippen LogP contribution in [0.4, 0.5) is 0 Å². The fraction of sp³-hybridized carbons (Fsp3) is 1.00. The molecule has 3 heteroatoms. The fourth-order valence-electron chi connectivity index (χ4n) is 3.38. The summed E-state index contributed by atoms with van der Waals surface area (Å²) in [4.78, 5) is 0. The second-order valence-electron chi connectivity index (χ2n) is 5.65. The van der Waals surface area contributed by atoms with Crippen LogP contribution in [0.15, 0.2) is 0 Å². The molecule has 0 aromatic carbocycles. The van der Waals surface area contributed by atoms with Crippen LogP contribution in [0.5, 0.6) is 0 Å². The molecular weight excluding hydrogens is 232 g/mol. The summed E-state index contributed by atoms with van der Waals surface area (Å²) in [5, 5.41) is 10.5. The maximum absolute atomic E-state index is 10.5. The molecule has 0 aromatic heterocycles. The monoisotopic (exact) mass is 258 g/mol. The molecule has 3 unspecified atom stereocenters. The lowest BCUT2D eigenvalue weighted by Crippen LogP contribution is -2.44. The zero-order chi connectivity index (χ0) is 12.3. The van der Waals surface area contributed by atoms with E-state index in [1.165, 1.54) is 12.2 Å². The van der Waals surface area contributed by atoms with Crippen LogP contribution in [0.2, 0.25) is 0 Å². The minimum Gasteiger partial charge on any atom is -0.393 e. The average molecular weight is 258 g/mol. The molecule has 2 aliphatic heterocycles. The van der Waals surface area contributed by atoms with Crippen molar-refractivity contribution in [3.8, 4) is 0 Å². The average Bonchev–Trinajstić information content (AvgIpc) is 2.78. The van der Waals surface area contributed by atoms with Gasteiger partial charge < -0.3 is 9.84 Å². The molecule has 2 rings (SSSR count). The highest BCUT2D eigenvalue weighted by molar-refractivity contribution is 7.99. The first-order valence-electron chi connectivity index (χ1n) is 7.10. The third-order valence-corrected chi connectivity index (χ3v) is 5.84. The molecule has 0 radical (unpaired) electrons. The number of ether oxygens (including phenoxy) is 1. The van der Waals surface area contributed by atoms with Gasteiger partial charge in [0.2, 0.25) is 0 Å². The van der Waals surface area contributed by atoms with Crippen molar-refractivity contribution in [2.75, 3.05) is 18.1 Å². The molecule has 1 spiro atoms. The Morgan fingerprint density at radius 2 is 2.18 bits per heavy atom. The van der Waals surface area contributed by atoms with Gasteiger partial charge in [0.1, 0.15) is 0 Å². The molecule has 3 atom stereocenters. The van der Waals surface area contributed by atoms with Crippen LogP contribution in [-0.4, -0.2) is 34.9 Å². The molecule has 0 saturated carbocycles. The highest BCUT2D eigenvalue weighted by Crippen LogP contribution is 2.42. The number of hydrogen-bond donors (Lipinski definition) is 1. The van der Waals surface area contributed by atoms with Gasteiger partial charge in [-0.1, -0.05) is 26.7 Å². The molecule has 100 valence electrons. The van der Waals surface area contributed by atoms with E-state index < -0.39 is 0 Å². The number of aliphatic hydroxyl groups excluding tert-OH is 1. The van der Waals surface area contributed by atoms with E-state index in [9.17, 15) is 5.11 Å². The highest BCUT2D eigenvalue weighted by atomic mass is 32.2. The first-order valence-corrected chi connectivity index (χ1v) is 8.26. The predicted octanol–water partition coefficient (Wildman–Crippen LogP) is 3.09. The van der Waals surface area contributed by atoms with Gasteiger partial charge >= 0.3 is 0 Å². The van der Waals surface area contributed by atoms with Gasteiger partial charge in [-0.2, -0.15) is 11.8 Å². The minimum atomic E-state index is -0.114. The minimum absolute atomic E-state index is 0.112. The third-order valence-electron chi connectivity index (χ3n) is 4.61. The molecular formula is C14H26O2S. The standard InChI is InChI=1S/C14H26O2S/c1-3-11(4-2)13(15)12-5-7-16-14(9-12)6-8-17-10-14/h11-13,15H,3-10H2,1-2H3. The van der Waals surface area contributed by atoms with E-state index in [0.29, 0.717) is 11.8 Å². The molecule has 2 heterocycles. The van der Waals surface area contributed by atoms with E-state index in [0.717, 1.165) is 38.0 Å². The molecule has 2 saturated heterocycles. The van der Waals surface area contributed by atoms with Crippen molar-refractivity contribution in [1.82, 2.24) is 0 Å². The molecule has 0 aliphatic carbocycles. The predicted molar refractivity (Wildman–Crippen MR) is 73.4 cm³/mol. The summed E-state index contributed by atoms with van der Waals surface area (Å²) in [6.07, 6.45) is 5.38. The smallest absolute Gasteiger partial charge is 0.0783 e. The summed E-state index contributed by atoms with van der Waals surface area (Å²) < 4.78 is 6.02. The van der Waals surface area contributed by atoms with Gasteiger partial charge in [0.25, 0.3) is 0 Å². The van der Waals surface area contributed by atoms with Crippen molar-refractivity contribution in [3.63, 3.8) is 0 Å². The molecule has 2 aliphatic rings. The van der Waals surface area contributed by atoms with E-state index >= 15 is 0 Å². The normalized spacial score (nSPS) is 35.6. The van der Waals surface area contributed by atoms with E-state index in [-0.39, 0.29) is 11.7 Å². The maximum atomic E-state index is 10.5. The maximum Gasteiger partial charge on any atom is 0.0783 e. The van der Waals surface area contributed by atoms with Crippen molar-refractivity contribution in [2.45, 2.75) is 57.7 Å². The number of rotatable bonds is 4. The molecule has 0 aromatic rings. The van der Waals surface area contributed by atoms with Gasteiger partial charge in [0.15, 0.2) is 0 Å². The van der Waals surface area contributed by atoms with Gasteiger partial charge in [-0.15, -0.1) is 0 Å². The summed E-state index contributed by atoms with van der Waals surface area (Å²) >= 11 is 2.01. The van der Waals surface area contributed by atoms with Crippen LogP contribution in [0.1, 0.15) is 46.0 Å². The third kappa shape index (κ3) is 2.99. The number of thioether (sulfide) groups is 1. The number of aliphatic hydroxyl groups is 1. The van der Waals surface area contributed by atoms with Crippen molar-refractivity contribution in [3.05, 3.63) is 0 Å². The van der Waals surface area contributed by atoms with Crippen molar-refractivity contribution in [1.29, 1.82) is 0 Å². The van der Waals surface area contributed by atoms with Crippen LogP contribution < -0.4 is 0 Å². The summed E-state index contributed by atoms with van der Waals surface area (Å²) in [6, 6.07) is 0. The SMILES string of the molecule is CCC(CC)C(O)C1CCOC2(CCSC2)C1. The van der Waals surface area contributed by atoms with Gasteiger partial charge in [0.05, 0.1) is 11.7 Å². The zero-order valence-electron chi connectivity index (χ0n) is 11.2. The van der Waals surface area contributed by atoms with Crippen LogP contribution in [0, 0.1) is 11.8 Å². The highest BCUT2D eigenvalue weighted by Gasteiger charge is 2.43. The van der Waals surface area contributed by atoms with Crippen LogP contribution >= 0.6 is 11.8 Å². The summed E-state index contributed by atoms with van der Waals surface area (Å²) in [7, 11) is 0. The Hall–Kier alpha value is 0.270. The van der Waals surface area contributed by atoms with E-state index in [1.807, 2.05) is 11.8 Å². The fourth-order valence-corrected chi connectivity index (χ4v) is 4.76. The molecule has 2 nitrogen and oxygen atoms in total. The lowest BCUT2D eigenvalue weighted by molar-refractivity contribution is -0.109. The van der Waals surface area contributed by atoms with Crippen LogP contribution in [-0.2, 0) is 4.74 Å². The second-order valence-corrected chi connectivity index (χ2v) is 6.76. The summed E-state index contributed by atoms with van der Waals surface area (Å²) in [5.74, 6) is 3.31. The van der Waals surface area contributed by atoms with Gasteiger partial charge in [0, 0.05) is 12.4 Å². The van der Waals surface area contributed by atoms with Crippen LogP contribution in [0.25, 0.3) is 0 Å². The van der Waals surface area contributed by atoms with Gasteiger partial charge in [-0.25, -0.2) is 0 Å². The Labute approximate surface area is 110 Å². The Morgan fingerprint density at radius 3 is 2.76 bits per heavy atom. The van der Waals surface area contributed by atoms with Crippen LogP contribution in [0.3, 0.4) is 0 Å². The van der Waals surface area contributed by atoms with Gasteiger partial charge in [-0.05, 0) is 36.9 Å². The molecule has 0 amide bonds. The van der Waals surface area contributed by atoms with Crippen molar-refractivity contribution in [2.24, 2.45) is 11.8 Å². The zero-order valence-corrected chi connectivity index (χ0v) is 12.0. The van der Waals surface area contributed by atoms with E-state index in [4.69, 9.17) is 4.74 Å². The quantitative estimate of drug-likeness (QED) is 0.840. The van der Waals surface area contributed by atoms with Gasteiger partial charge in [-0.3, -0.25) is 0 Å².